The zero-order valence-electron chi connectivity index (χ0n) is 14.1. The minimum atomic E-state index is -1.03. The number of halogens is 2. The monoisotopic (exact) mass is 499 g/mol. The summed E-state index contributed by atoms with van der Waals surface area (Å²) in [4.78, 5) is 12.2. The van der Waals surface area contributed by atoms with Crippen LogP contribution in [0.15, 0.2) is 50.2 Å². The molecule has 2 aromatic rings. The Morgan fingerprint density at radius 2 is 1.92 bits per heavy atom. The molecule has 1 unspecified atom stereocenters. The summed E-state index contributed by atoms with van der Waals surface area (Å²) in [6.07, 6.45) is 2.93. The van der Waals surface area contributed by atoms with Crippen molar-refractivity contribution in [1.82, 2.24) is 0 Å². The number of fused-ring (bicyclic) bond motifs is 1. The lowest BCUT2D eigenvalue weighted by Gasteiger charge is -2.17. The summed E-state index contributed by atoms with van der Waals surface area (Å²) in [6.45, 7) is 0.585. The number of carbonyl (C=O) groups is 1. The van der Waals surface area contributed by atoms with E-state index in [9.17, 15) is 9.00 Å². The summed E-state index contributed by atoms with van der Waals surface area (Å²) in [7, 11) is -1.03. The molecule has 1 aliphatic rings. The highest BCUT2D eigenvalue weighted by atomic mass is 79.9. The molecule has 0 saturated carbocycles. The van der Waals surface area contributed by atoms with E-state index in [1.54, 1.807) is 0 Å². The van der Waals surface area contributed by atoms with Gasteiger partial charge in [-0.1, -0.05) is 15.9 Å². The molecule has 4 nitrogen and oxygen atoms in total. The fourth-order valence-electron chi connectivity index (χ4n) is 2.74. The van der Waals surface area contributed by atoms with E-state index in [1.807, 2.05) is 36.4 Å². The Hall–Kier alpha value is -1.18. The molecule has 0 fully saturated rings. The average molecular weight is 501 g/mol. The van der Waals surface area contributed by atoms with E-state index >= 15 is 0 Å². The van der Waals surface area contributed by atoms with E-state index in [-0.39, 0.29) is 5.91 Å². The van der Waals surface area contributed by atoms with Gasteiger partial charge in [0.05, 0.1) is 22.3 Å². The Morgan fingerprint density at radius 1 is 1.08 bits per heavy atom. The molecule has 7 heteroatoms. The van der Waals surface area contributed by atoms with Gasteiger partial charge in [0, 0.05) is 26.8 Å². The fraction of sp³-hybridized carbons (Fsp3) is 0.316. The first-order chi connectivity index (χ1) is 12.5. The number of hydrogen-bond acceptors (Lipinski definition) is 3. The van der Waals surface area contributed by atoms with Gasteiger partial charge in [0.1, 0.15) is 5.75 Å². The summed E-state index contributed by atoms with van der Waals surface area (Å²) >= 11 is 6.87. The van der Waals surface area contributed by atoms with Gasteiger partial charge in [0.25, 0.3) is 0 Å². The van der Waals surface area contributed by atoms with Gasteiger partial charge in [0.15, 0.2) is 0 Å². The summed E-state index contributed by atoms with van der Waals surface area (Å²) < 4.78 is 20.0. The molecule has 0 bridgehead atoms. The molecule has 0 aromatic heterocycles. The molecule has 1 amide bonds. The first-order valence-electron chi connectivity index (χ1n) is 8.42. The lowest BCUT2D eigenvalue weighted by molar-refractivity contribution is -0.116. The number of anilines is 1. The summed E-state index contributed by atoms with van der Waals surface area (Å²) in [5.74, 6) is 1.49. The van der Waals surface area contributed by atoms with Crippen LogP contribution in [0.3, 0.4) is 0 Å². The topological polar surface area (TPSA) is 55.4 Å². The van der Waals surface area contributed by atoms with Crippen LogP contribution in [0.2, 0.25) is 0 Å². The molecule has 1 aliphatic heterocycles. The second kappa shape index (κ2) is 9.15. The second-order valence-electron chi connectivity index (χ2n) is 6.05. The zero-order valence-corrected chi connectivity index (χ0v) is 18.1. The summed E-state index contributed by atoms with van der Waals surface area (Å²) in [5, 5.41) is 2.86. The molecule has 0 aliphatic carbocycles. The third kappa shape index (κ3) is 5.18. The Morgan fingerprint density at radius 3 is 2.77 bits per heavy atom. The van der Waals surface area contributed by atoms with Gasteiger partial charge in [-0.25, -0.2) is 0 Å². The Kier molecular flexibility index (Phi) is 6.89. The molecule has 0 saturated heterocycles. The first-order valence-corrected chi connectivity index (χ1v) is 11.3. The normalized spacial score (nSPS) is 14.5. The number of nitrogens with one attached hydrogen (secondary N) is 1. The molecular formula is C19H19Br2NO3S. The van der Waals surface area contributed by atoms with E-state index in [2.05, 4.69) is 37.2 Å². The third-order valence-corrected chi connectivity index (χ3v) is 7.04. The number of benzene rings is 2. The van der Waals surface area contributed by atoms with Crippen molar-refractivity contribution in [3.05, 3.63) is 50.9 Å². The highest BCUT2D eigenvalue weighted by Crippen LogP contribution is 2.27. The van der Waals surface area contributed by atoms with Crippen LogP contribution in [0, 0.1) is 0 Å². The quantitative estimate of drug-likeness (QED) is 0.540. The largest absolute Gasteiger partial charge is 0.494 e. The molecule has 0 spiro atoms. The predicted molar refractivity (Wildman–Crippen MR) is 111 cm³/mol. The maximum atomic E-state index is 12.4. The van der Waals surface area contributed by atoms with Gasteiger partial charge in [-0.2, -0.15) is 0 Å². The van der Waals surface area contributed by atoms with Gasteiger partial charge in [0.2, 0.25) is 5.91 Å². The summed E-state index contributed by atoms with van der Waals surface area (Å²) in [6, 6.07) is 11.5. The fourth-order valence-corrected chi connectivity index (χ4v) is 5.27. The van der Waals surface area contributed by atoms with Gasteiger partial charge < -0.3 is 10.1 Å². The van der Waals surface area contributed by atoms with E-state index < -0.39 is 10.8 Å². The van der Waals surface area contributed by atoms with E-state index in [1.165, 1.54) is 0 Å². The average Bonchev–Trinajstić information content (AvgIpc) is 2.63. The lowest BCUT2D eigenvalue weighted by Crippen LogP contribution is -2.18. The first kappa shape index (κ1) is 19.6. The number of rotatable bonds is 7. The number of carbonyl (C=O) groups excluding carboxylic acids is 1. The van der Waals surface area contributed by atoms with Gasteiger partial charge in [-0.3, -0.25) is 9.00 Å². The van der Waals surface area contributed by atoms with Crippen LogP contribution < -0.4 is 10.1 Å². The van der Waals surface area contributed by atoms with E-state index in [4.69, 9.17) is 4.74 Å². The van der Waals surface area contributed by atoms with Crippen molar-refractivity contribution in [1.29, 1.82) is 0 Å². The molecule has 1 N–H and O–H groups in total. The summed E-state index contributed by atoms with van der Waals surface area (Å²) in [5.41, 5.74) is 1.99. The van der Waals surface area contributed by atoms with Gasteiger partial charge in [-0.15, -0.1) is 0 Å². The molecule has 1 heterocycles. The Balaban J connectivity index is 1.44. The number of aryl methyl sites for hydroxylation is 1. The predicted octanol–water partition coefficient (Wildman–Crippen LogP) is 5.06. The second-order valence-corrected chi connectivity index (χ2v) is 9.36. The minimum absolute atomic E-state index is 0.0660. The van der Waals surface area contributed by atoms with Crippen molar-refractivity contribution in [3.8, 4) is 5.75 Å². The van der Waals surface area contributed by atoms with Crippen molar-refractivity contribution < 1.29 is 13.7 Å². The van der Waals surface area contributed by atoms with Crippen LogP contribution in [0.25, 0.3) is 0 Å². The molecule has 26 heavy (non-hydrogen) atoms. The highest BCUT2D eigenvalue weighted by molar-refractivity contribution is 9.11. The third-order valence-electron chi connectivity index (χ3n) is 4.10. The van der Waals surface area contributed by atoms with Gasteiger partial charge >= 0.3 is 0 Å². The number of hydrogen-bond donors (Lipinski definition) is 1. The smallest absolute Gasteiger partial charge is 0.224 e. The Labute approximate surface area is 172 Å². The number of unbranched alkanes of at least 4 members (excludes halogenated alkanes) is 1. The lowest BCUT2D eigenvalue weighted by atomic mass is 10.0. The van der Waals surface area contributed by atoms with Crippen LogP contribution in [0.5, 0.6) is 5.75 Å². The molecule has 2 aromatic carbocycles. The van der Waals surface area contributed by atoms with Crippen molar-refractivity contribution in [2.45, 2.75) is 30.6 Å². The van der Waals surface area contributed by atoms with Crippen molar-refractivity contribution in [2.24, 2.45) is 0 Å². The van der Waals surface area contributed by atoms with Crippen LogP contribution in [-0.4, -0.2) is 22.5 Å². The molecule has 0 radical (unpaired) electrons. The Bertz CT molecular complexity index is 842. The maximum Gasteiger partial charge on any atom is 0.224 e. The molecular weight excluding hydrogens is 482 g/mol. The standard InChI is InChI=1S/C19H19Br2NO3S/c20-14-4-6-16(21)18(12-14)26(24)10-2-1-9-25-15-5-7-17-13(11-15)3-8-19(23)22-17/h4-7,11-12H,1-3,8-10H2,(H,22,23). The maximum absolute atomic E-state index is 12.4. The zero-order chi connectivity index (χ0) is 18.5. The molecule has 138 valence electrons. The van der Waals surface area contributed by atoms with Gasteiger partial charge in [-0.05, 0) is 77.2 Å². The van der Waals surface area contributed by atoms with Crippen molar-refractivity contribution in [3.63, 3.8) is 0 Å². The SMILES string of the molecule is O=C1CCc2cc(OCCCCS(=O)c3cc(Br)ccc3Br)ccc2N1. The van der Waals surface area contributed by atoms with Crippen LogP contribution >= 0.6 is 31.9 Å². The minimum Gasteiger partial charge on any atom is -0.494 e. The molecule has 1 atom stereocenters. The van der Waals surface area contributed by atoms with Crippen LogP contribution in [0.4, 0.5) is 5.69 Å². The highest BCUT2D eigenvalue weighted by Gasteiger charge is 2.15. The van der Waals surface area contributed by atoms with E-state index in [0.717, 1.165) is 50.1 Å². The molecule has 3 rings (SSSR count). The van der Waals surface area contributed by atoms with E-state index in [0.29, 0.717) is 18.8 Å². The number of amides is 1. The number of ether oxygens (including phenoxy) is 1. The van der Waals surface area contributed by atoms with Crippen molar-refractivity contribution in [2.75, 3.05) is 17.7 Å². The van der Waals surface area contributed by atoms with Crippen LogP contribution in [-0.2, 0) is 22.0 Å². The van der Waals surface area contributed by atoms with Crippen molar-refractivity contribution >= 4 is 54.3 Å². The van der Waals surface area contributed by atoms with Crippen LogP contribution in [0.1, 0.15) is 24.8 Å².